The number of benzene rings is 1. The highest BCUT2D eigenvalue weighted by atomic mass is 32.1. The number of hydrogen-bond donors (Lipinski definition) is 2. The molecule has 0 saturated heterocycles. The molecule has 0 aliphatic rings. The number of carboxylic acid groups (broad SMARTS) is 1. The molecule has 1 aromatic carbocycles. The van der Waals surface area contributed by atoms with Crippen molar-refractivity contribution >= 4 is 17.3 Å². The quantitative estimate of drug-likeness (QED) is 0.857. The number of aromatic carboxylic acids is 1. The van der Waals surface area contributed by atoms with Gasteiger partial charge in [-0.05, 0) is 24.5 Å². The molecule has 0 spiro atoms. The minimum atomic E-state index is -0.968. The lowest BCUT2D eigenvalue weighted by Crippen LogP contribution is -2.18. The van der Waals surface area contributed by atoms with Gasteiger partial charge in [0.1, 0.15) is 0 Å². The highest BCUT2D eigenvalue weighted by Crippen LogP contribution is 2.15. The summed E-state index contributed by atoms with van der Waals surface area (Å²) in [6.45, 7) is 4.80. The third kappa shape index (κ3) is 3.65. The van der Waals surface area contributed by atoms with E-state index in [2.05, 4.69) is 48.4 Å². The Kier molecular flexibility index (Phi) is 4.87. The first-order valence-electron chi connectivity index (χ1n) is 6.60. The van der Waals surface area contributed by atoms with E-state index < -0.39 is 5.97 Å². The van der Waals surface area contributed by atoms with Crippen molar-refractivity contribution in [2.45, 2.75) is 32.9 Å². The summed E-state index contributed by atoms with van der Waals surface area (Å²) in [7, 11) is 0. The summed E-state index contributed by atoms with van der Waals surface area (Å²) in [6, 6.07) is 8.73. The largest absolute Gasteiger partial charge is 0.476 e. The number of nitrogens with zero attached hydrogens (tertiary/aromatic N) is 1. The van der Waals surface area contributed by atoms with E-state index in [1.54, 1.807) is 5.38 Å². The minimum absolute atomic E-state index is 0.141. The number of carboxylic acids is 1. The Hall–Kier alpha value is -1.72. The van der Waals surface area contributed by atoms with E-state index in [0.717, 1.165) is 23.5 Å². The van der Waals surface area contributed by atoms with E-state index in [1.807, 2.05) is 0 Å². The molecular weight excluding hydrogens is 272 g/mol. The lowest BCUT2D eigenvalue weighted by atomic mass is 10.1. The van der Waals surface area contributed by atoms with Crippen molar-refractivity contribution in [1.29, 1.82) is 0 Å². The normalized spacial score (nSPS) is 12.3. The molecule has 5 heteroatoms. The van der Waals surface area contributed by atoms with Crippen LogP contribution in [0, 0.1) is 0 Å². The van der Waals surface area contributed by atoms with Crippen LogP contribution >= 0.6 is 11.3 Å². The van der Waals surface area contributed by atoms with Crippen molar-refractivity contribution in [3.8, 4) is 0 Å². The smallest absolute Gasteiger partial charge is 0.365 e. The maximum atomic E-state index is 10.8. The molecule has 0 aliphatic heterocycles. The Labute approximate surface area is 122 Å². The van der Waals surface area contributed by atoms with E-state index in [0.29, 0.717) is 6.54 Å². The number of aryl methyl sites for hydroxylation is 1. The van der Waals surface area contributed by atoms with Crippen molar-refractivity contribution in [2.75, 3.05) is 0 Å². The molecule has 0 aliphatic carbocycles. The molecule has 2 rings (SSSR count). The number of nitrogens with one attached hydrogen (secondary N) is 1. The van der Waals surface area contributed by atoms with Crippen molar-refractivity contribution in [2.24, 2.45) is 0 Å². The van der Waals surface area contributed by atoms with Crippen LogP contribution in [0.15, 0.2) is 29.6 Å². The van der Waals surface area contributed by atoms with Crippen LogP contribution < -0.4 is 5.32 Å². The van der Waals surface area contributed by atoms with Crippen LogP contribution in [0.2, 0.25) is 0 Å². The fourth-order valence-corrected chi connectivity index (χ4v) is 2.56. The standard InChI is InChI=1S/C15H18N2O2S/c1-3-11-4-6-12(7-5-11)10(2)16-8-13-9-20-14(17-13)15(18)19/h4-7,9-10,16H,3,8H2,1-2H3,(H,18,19). The molecule has 0 saturated carbocycles. The van der Waals surface area contributed by atoms with Crippen molar-refractivity contribution < 1.29 is 9.90 Å². The van der Waals surface area contributed by atoms with E-state index in [1.165, 1.54) is 11.1 Å². The van der Waals surface area contributed by atoms with Gasteiger partial charge in [0.15, 0.2) is 0 Å². The molecule has 1 aromatic heterocycles. The number of carbonyl (C=O) groups is 1. The summed E-state index contributed by atoms with van der Waals surface area (Å²) in [5, 5.41) is 14.1. The van der Waals surface area contributed by atoms with Gasteiger partial charge in [0.25, 0.3) is 0 Å². The predicted molar refractivity (Wildman–Crippen MR) is 80.1 cm³/mol. The first kappa shape index (κ1) is 14.7. The maximum absolute atomic E-state index is 10.8. The van der Waals surface area contributed by atoms with Gasteiger partial charge >= 0.3 is 5.97 Å². The van der Waals surface area contributed by atoms with E-state index in [9.17, 15) is 4.79 Å². The van der Waals surface area contributed by atoms with Crippen molar-refractivity contribution in [1.82, 2.24) is 10.3 Å². The molecule has 1 heterocycles. The zero-order chi connectivity index (χ0) is 14.5. The third-order valence-corrected chi connectivity index (χ3v) is 4.09. The first-order valence-corrected chi connectivity index (χ1v) is 7.48. The highest BCUT2D eigenvalue weighted by Gasteiger charge is 2.10. The van der Waals surface area contributed by atoms with Crippen LogP contribution in [-0.2, 0) is 13.0 Å². The highest BCUT2D eigenvalue weighted by molar-refractivity contribution is 7.11. The molecule has 0 fully saturated rings. The van der Waals surface area contributed by atoms with Crippen LogP contribution in [0.25, 0.3) is 0 Å². The van der Waals surface area contributed by atoms with E-state index in [-0.39, 0.29) is 11.0 Å². The molecule has 0 bridgehead atoms. The molecule has 0 radical (unpaired) electrons. The Morgan fingerprint density at radius 1 is 1.40 bits per heavy atom. The van der Waals surface area contributed by atoms with Gasteiger partial charge in [0, 0.05) is 18.0 Å². The minimum Gasteiger partial charge on any atom is -0.476 e. The second kappa shape index (κ2) is 6.63. The summed E-state index contributed by atoms with van der Waals surface area (Å²) in [4.78, 5) is 14.8. The molecule has 20 heavy (non-hydrogen) atoms. The van der Waals surface area contributed by atoms with Gasteiger partial charge in [-0.25, -0.2) is 9.78 Å². The summed E-state index contributed by atoms with van der Waals surface area (Å²) < 4.78 is 0. The summed E-state index contributed by atoms with van der Waals surface area (Å²) in [5.74, 6) is -0.968. The van der Waals surface area contributed by atoms with Crippen LogP contribution in [0.3, 0.4) is 0 Å². The zero-order valence-corrected chi connectivity index (χ0v) is 12.4. The van der Waals surface area contributed by atoms with Crippen LogP contribution in [0.1, 0.15) is 46.5 Å². The molecule has 1 atom stereocenters. The van der Waals surface area contributed by atoms with Gasteiger partial charge < -0.3 is 10.4 Å². The Bertz CT molecular complexity index is 578. The molecule has 106 valence electrons. The van der Waals surface area contributed by atoms with Gasteiger partial charge in [0.2, 0.25) is 5.01 Å². The van der Waals surface area contributed by atoms with Gasteiger partial charge in [-0.1, -0.05) is 31.2 Å². The van der Waals surface area contributed by atoms with Gasteiger partial charge in [-0.15, -0.1) is 11.3 Å². The zero-order valence-electron chi connectivity index (χ0n) is 11.6. The lowest BCUT2D eigenvalue weighted by Gasteiger charge is -2.13. The number of hydrogen-bond acceptors (Lipinski definition) is 4. The van der Waals surface area contributed by atoms with Crippen LogP contribution in [0.5, 0.6) is 0 Å². The SMILES string of the molecule is CCc1ccc(C(C)NCc2csc(C(=O)O)n2)cc1. The fraction of sp³-hybridized carbons (Fsp3) is 0.333. The topological polar surface area (TPSA) is 62.2 Å². The van der Waals surface area contributed by atoms with E-state index in [4.69, 9.17) is 5.11 Å². The number of rotatable bonds is 6. The lowest BCUT2D eigenvalue weighted by molar-refractivity contribution is 0.0696. The Morgan fingerprint density at radius 3 is 2.65 bits per heavy atom. The first-order chi connectivity index (χ1) is 9.60. The average Bonchev–Trinajstić information content (AvgIpc) is 2.94. The number of aromatic nitrogens is 1. The van der Waals surface area contributed by atoms with Gasteiger partial charge in [-0.2, -0.15) is 0 Å². The monoisotopic (exact) mass is 290 g/mol. The second-order valence-corrected chi connectivity index (χ2v) is 5.50. The Morgan fingerprint density at radius 2 is 2.10 bits per heavy atom. The fourth-order valence-electron chi connectivity index (χ4n) is 1.90. The summed E-state index contributed by atoms with van der Waals surface area (Å²) >= 11 is 1.16. The van der Waals surface area contributed by atoms with Crippen molar-refractivity contribution in [3.63, 3.8) is 0 Å². The molecule has 0 amide bonds. The molecule has 4 nitrogen and oxygen atoms in total. The van der Waals surface area contributed by atoms with Crippen LogP contribution in [0.4, 0.5) is 0 Å². The molecular formula is C15H18N2O2S. The molecule has 2 N–H and O–H groups in total. The van der Waals surface area contributed by atoms with E-state index >= 15 is 0 Å². The summed E-state index contributed by atoms with van der Waals surface area (Å²) in [5.41, 5.74) is 3.31. The third-order valence-electron chi connectivity index (χ3n) is 3.21. The second-order valence-electron chi connectivity index (χ2n) is 4.65. The predicted octanol–water partition coefficient (Wildman–Crippen LogP) is 3.25. The number of thiazole rings is 1. The van der Waals surface area contributed by atoms with Gasteiger partial charge in [0.05, 0.1) is 5.69 Å². The molecule has 2 aromatic rings. The van der Waals surface area contributed by atoms with Crippen LogP contribution in [-0.4, -0.2) is 16.1 Å². The summed E-state index contributed by atoms with van der Waals surface area (Å²) in [6.07, 6.45) is 1.04. The van der Waals surface area contributed by atoms with Gasteiger partial charge in [-0.3, -0.25) is 0 Å². The average molecular weight is 290 g/mol. The van der Waals surface area contributed by atoms with Crippen molar-refractivity contribution in [3.05, 3.63) is 51.5 Å². The molecule has 1 unspecified atom stereocenters. The Balaban J connectivity index is 1.93. The maximum Gasteiger partial charge on any atom is 0.365 e.